The van der Waals surface area contributed by atoms with Crippen LogP contribution in [0.5, 0.6) is 5.75 Å². The van der Waals surface area contributed by atoms with Crippen molar-refractivity contribution in [2.75, 3.05) is 26.7 Å². The summed E-state index contributed by atoms with van der Waals surface area (Å²) in [5, 5.41) is 8.75. The minimum atomic E-state index is -4.49. The van der Waals surface area contributed by atoms with E-state index in [1.165, 1.54) is 13.2 Å². The molecule has 30 heavy (non-hydrogen) atoms. The normalized spacial score (nSPS) is 15.2. The van der Waals surface area contributed by atoms with Gasteiger partial charge in [-0.1, -0.05) is 11.6 Å². The molecule has 0 bridgehead atoms. The molecular formula is C19H20ClF3N4O3. The second-order valence-electron chi connectivity index (χ2n) is 6.92. The maximum absolute atomic E-state index is 12.8. The maximum Gasteiger partial charge on any atom is 0.405 e. The standard InChI is InChI=1S/C19H20ClF3N4O3/c1-30-16-3-2-12(20)8-13(16)18(29)27-6-4-11(5-7-27)14-9-15(26-25-14)17(28)24-10-19(21,22)23/h2-3,8-9,11H,4-7,10H2,1H3,(H,24,28)(H,25,26). The number of piperidine rings is 1. The Morgan fingerprint density at radius 2 is 2.00 bits per heavy atom. The number of benzene rings is 1. The van der Waals surface area contributed by atoms with Crippen LogP contribution in [-0.4, -0.2) is 59.8 Å². The largest absolute Gasteiger partial charge is 0.496 e. The van der Waals surface area contributed by atoms with Crippen LogP contribution in [0.2, 0.25) is 5.02 Å². The number of alkyl halides is 3. The van der Waals surface area contributed by atoms with E-state index in [-0.39, 0.29) is 17.5 Å². The number of H-pyrrole nitrogens is 1. The number of carbonyl (C=O) groups excluding carboxylic acids is 2. The van der Waals surface area contributed by atoms with Crippen molar-refractivity contribution in [1.29, 1.82) is 0 Å². The van der Waals surface area contributed by atoms with Crippen molar-refractivity contribution in [1.82, 2.24) is 20.4 Å². The number of amides is 2. The Labute approximate surface area is 175 Å². The van der Waals surface area contributed by atoms with Crippen molar-refractivity contribution in [3.8, 4) is 5.75 Å². The van der Waals surface area contributed by atoms with Crippen LogP contribution in [0.15, 0.2) is 24.3 Å². The summed E-state index contributed by atoms with van der Waals surface area (Å²) in [4.78, 5) is 26.3. The van der Waals surface area contributed by atoms with E-state index >= 15 is 0 Å². The van der Waals surface area contributed by atoms with Crippen LogP contribution >= 0.6 is 11.6 Å². The SMILES string of the molecule is COc1ccc(Cl)cc1C(=O)N1CCC(c2cc(C(=O)NCC(F)(F)F)n[nH]2)CC1. The van der Waals surface area contributed by atoms with Gasteiger partial charge in [0.2, 0.25) is 0 Å². The molecule has 0 aliphatic carbocycles. The van der Waals surface area contributed by atoms with Gasteiger partial charge in [-0.25, -0.2) is 0 Å². The maximum atomic E-state index is 12.8. The summed E-state index contributed by atoms with van der Waals surface area (Å²) < 4.78 is 41.9. The van der Waals surface area contributed by atoms with Crippen LogP contribution in [0.3, 0.4) is 0 Å². The van der Waals surface area contributed by atoms with Crippen molar-refractivity contribution in [2.45, 2.75) is 24.9 Å². The van der Waals surface area contributed by atoms with E-state index in [0.717, 1.165) is 0 Å². The van der Waals surface area contributed by atoms with Gasteiger partial charge in [0.1, 0.15) is 18.0 Å². The van der Waals surface area contributed by atoms with Gasteiger partial charge < -0.3 is 15.0 Å². The average Bonchev–Trinajstić information content (AvgIpc) is 3.21. The molecule has 3 rings (SSSR count). The lowest BCUT2D eigenvalue weighted by atomic mass is 9.93. The molecule has 1 aliphatic rings. The molecule has 2 amide bonds. The molecule has 2 aromatic rings. The number of nitrogens with zero attached hydrogens (tertiary/aromatic N) is 2. The van der Waals surface area contributed by atoms with Crippen molar-refractivity contribution < 1.29 is 27.5 Å². The average molecular weight is 445 g/mol. The van der Waals surface area contributed by atoms with Gasteiger partial charge in [0.15, 0.2) is 0 Å². The zero-order chi connectivity index (χ0) is 21.9. The monoisotopic (exact) mass is 444 g/mol. The number of aromatic nitrogens is 2. The number of ether oxygens (including phenoxy) is 1. The van der Waals surface area contributed by atoms with Gasteiger partial charge >= 0.3 is 6.18 Å². The lowest BCUT2D eigenvalue weighted by Crippen LogP contribution is -2.38. The summed E-state index contributed by atoms with van der Waals surface area (Å²) in [6, 6.07) is 6.30. The number of hydrogen-bond acceptors (Lipinski definition) is 4. The van der Waals surface area contributed by atoms with Crippen LogP contribution in [0.4, 0.5) is 13.2 Å². The lowest BCUT2D eigenvalue weighted by molar-refractivity contribution is -0.123. The fourth-order valence-corrected chi connectivity index (χ4v) is 3.52. The molecule has 0 unspecified atom stereocenters. The number of hydrogen-bond donors (Lipinski definition) is 2. The van der Waals surface area contributed by atoms with E-state index in [4.69, 9.17) is 16.3 Å². The quantitative estimate of drug-likeness (QED) is 0.740. The predicted octanol–water partition coefficient (Wildman–Crippen LogP) is 3.38. The highest BCUT2D eigenvalue weighted by Crippen LogP contribution is 2.30. The molecular weight excluding hydrogens is 425 g/mol. The highest BCUT2D eigenvalue weighted by molar-refractivity contribution is 6.31. The first kappa shape index (κ1) is 21.9. The van der Waals surface area contributed by atoms with Crippen LogP contribution in [-0.2, 0) is 0 Å². The lowest BCUT2D eigenvalue weighted by Gasteiger charge is -2.31. The number of likely N-dealkylation sites (tertiary alicyclic amines) is 1. The molecule has 11 heteroatoms. The number of halogens is 4. The van der Waals surface area contributed by atoms with Crippen molar-refractivity contribution >= 4 is 23.4 Å². The Morgan fingerprint density at radius 1 is 1.30 bits per heavy atom. The molecule has 1 fully saturated rings. The van der Waals surface area contributed by atoms with Crippen LogP contribution in [0, 0.1) is 0 Å². The molecule has 2 heterocycles. The molecule has 2 N–H and O–H groups in total. The summed E-state index contributed by atoms with van der Waals surface area (Å²) in [7, 11) is 1.48. The van der Waals surface area contributed by atoms with E-state index < -0.39 is 18.6 Å². The third-order valence-corrected chi connectivity index (χ3v) is 5.13. The topological polar surface area (TPSA) is 87.3 Å². The molecule has 162 valence electrons. The van der Waals surface area contributed by atoms with E-state index in [1.807, 2.05) is 0 Å². The third-order valence-electron chi connectivity index (χ3n) is 4.89. The number of carbonyl (C=O) groups is 2. The van der Waals surface area contributed by atoms with Gasteiger partial charge in [-0.2, -0.15) is 18.3 Å². The van der Waals surface area contributed by atoms with Gasteiger partial charge in [-0.3, -0.25) is 14.7 Å². The molecule has 1 aliphatic heterocycles. The first-order valence-corrected chi connectivity index (χ1v) is 9.59. The van der Waals surface area contributed by atoms with Crippen molar-refractivity contribution in [3.63, 3.8) is 0 Å². The third kappa shape index (κ3) is 5.24. The summed E-state index contributed by atoms with van der Waals surface area (Å²) >= 11 is 6.00. The summed E-state index contributed by atoms with van der Waals surface area (Å²) in [5.41, 5.74) is 0.935. The molecule has 1 aromatic heterocycles. The fourth-order valence-electron chi connectivity index (χ4n) is 3.34. The first-order chi connectivity index (χ1) is 14.2. The summed E-state index contributed by atoms with van der Waals surface area (Å²) in [6.07, 6.45) is -3.26. The zero-order valence-corrected chi connectivity index (χ0v) is 16.8. The van der Waals surface area contributed by atoms with E-state index in [1.54, 1.807) is 28.4 Å². The number of aromatic amines is 1. The minimum Gasteiger partial charge on any atom is -0.496 e. The second kappa shape index (κ2) is 8.95. The van der Waals surface area contributed by atoms with E-state index in [2.05, 4.69) is 10.2 Å². The van der Waals surface area contributed by atoms with E-state index in [0.29, 0.717) is 48.0 Å². The Morgan fingerprint density at radius 3 is 2.63 bits per heavy atom. The predicted molar refractivity (Wildman–Crippen MR) is 103 cm³/mol. The zero-order valence-electron chi connectivity index (χ0n) is 16.1. The van der Waals surface area contributed by atoms with Crippen molar-refractivity contribution in [2.24, 2.45) is 0 Å². The Kier molecular flexibility index (Phi) is 6.55. The van der Waals surface area contributed by atoms with Crippen LogP contribution < -0.4 is 10.1 Å². The first-order valence-electron chi connectivity index (χ1n) is 9.21. The van der Waals surface area contributed by atoms with E-state index in [9.17, 15) is 22.8 Å². The molecule has 0 atom stereocenters. The smallest absolute Gasteiger partial charge is 0.405 e. The number of rotatable bonds is 5. The Bertz CT molecular complexity index is 924. The second-order valence-corrected chi connectivity index (χ2v) is 7.35. The molecule has 1 saturated heterocycles. The Balaban J connectivity index is 1.60. The molecule has 7 nitrogen and oxygen atoms in total. The summed E-state index contributed by atoms with van der Waals surface area (Å²) in [6.45, 7) is -0.483. The van der Waals surface area contributed by atoms with Crippen molar-refractivity contribution in [3.05, 3.63) is 46.2 Å². The van der Waals surface area contributed by atoms with Gasteiger partial charge in [0.05, 0.1) is 12.7 Å². The highest BCUT2D eigenvalue weighted by Gasteiger charge is 2.30. The molecule has 1 aromatic carbocycles. The number of nitrogens with one attached hydrogen (secondary N) is 2. The minimum absolute atomic E-state index is 0.00646. The van der Waals surface area contributed by atoms with Gasteiger partial charge in [-0.15, -0.1) is 0 Å². The van der Waals surface area contributed by atoms with Gasteiger partial charge in [0, 0.05) is 29.7 Å². The molecule has 0 saturated carbocycles. The van der Waals surface area contributed by atoms with Crippen LogP contribution in [0.1, 0.15) is 45.3 Å². The van der Waals surface area contributed by atoms with Gasteiger partial charge in [-0.05, 0) is 37.1 Å². The Hall–Kier alpha value is -2.75. The fraction of sp³-hybridized carbons (Fsp3) is 0.421. The molecule has 0 radical (unpaired) electrons. The van der Waals surface area contributed by atoms with Gasteiger partial charge in [0.25, 0.3) is 11.8 Å². The summed E-state index contributed by atoms with van der Waals surface area (Å²) in [5.74, 6) is -0.637. The highest BCUT2D eigenvalue weighted by atomic mass is 35.5. The number of methoxy groups -OCH3 is 1. The molecule has 0 spiro atoms. The van der Waals surface area contributed by atoms with Crippen LogP contribution in [0.25, 0.3) is 0 Å².